The summed E-state index contributed by atoms with van der Waals surface area (Å²) in [6.07, 6.45) is 5.84. The van der Waals surface area contributed by atoms with Gasteiger partial charge in [-0.15, -0.1) is 0 Å². The van der Waals surface area contributed by atoms with Crippen molar-refractivity contribution in [2.45, 2.75) is 95.3 Å². The summed E-state index contributed by atoms with van der Waals surface area (Å²) < 4.78 is 24.9. The van der Waals surface area contributed by atoms with Gasteiger partial charge in [0.1, 0.15) is 6.10 Å². The average molecular weight is 582 g/mol. The number of hydrogen-bond donors (Lipinski definition) is 0. The van der Waals surface area contributed by atoms with Gasteiger partial charge in [0.25, 0.3) is 0 Å². The Morgan fingerprint density at radius 2 is 1.48 bits per heavy atom. The Morgan fingerprint density at radius 1 is 0.952 bits per heavy atom. The van der Waals surface area contributed by atoms with Crippen LogP contribution in [0.5, 0.6) is 0 Å². The first-order valence-electron chi connectivity index (χ1n) is 15.2. The first-order chi connectivity index (χ1) is 20.4. The largest absolute Gasteiger partial charge is 0.554 e. The highest BCUT2D eigenvalue weighted by atomic mass is 16.8. The van der Waals surface area contributed by atoms with E-state index in [1.54, 1.807) is 0 Å². The van der Waals surface area contributed by atoms with Crippen molar-refractivity contribution in [3.63, 3.8) is 0 Å². The standard InChI is InChI=1S/C32H42NO6.CH2O2/c1-3-21-36-31(35)38-29(4-2)39-32(24-13-7-5-8-14-24,25-15-9-6-10-16-25)30(34)37-28-22-26-17-18-27(23-28)33(26)19-11-12-20-33;2-1-3/h5-10,13-16,26-29H,3-4,11-12,17-23H2,1-2H3;1H,(H,2,3)/q+1;/p-1. The second-order valence-corrected chi connectivity index (χ2v) is 11.3. The normalized spacial score (nSPS) is 22.9. The summed E-state index contributed by atoms with van der Waals surface area (Å²) in [6, 6.07) is 19.9. The molecule has 42 heavy (non-hydrogen) atoms. The predicted octanol–water partition coefficient (Wildman–Crippen LogP) is 4.46. The Bertz CT molecular complexity index is 1100. The van der Waals surface area contributed by atoms with Gasteiger partial charge in [0, 0.05) is 51.4 Å². The van der Waals surface area contributed by atoms with Crippen molar-refractivity contribution in [3.05, 3.63) is 71.8 Å². The van der Waals surface area contributed by atoms with E-state index in [1.165, 1.54) is 43.3 Å². The fourth-order valence-corrected chi connectivity index (χ4v) is 7.19. The minimum Gasteiger partial charge on any atom is -0.554 e. The zero-order chi connectivity index (χ0) is 30.0. The van der Waals surface area contributed by atoms with Crippen molar-refractivity contribution in [1.29, 1.82) is 0 Å². The molecule has 228 valence electrons. The first-order valence-corrected chi connectivity index (χ1v) is 15.2. The molecular formula is C33H43NO8. The molecule has 3 atom stereocenters. The lowest BCUT2D eigenvalue weighted by Crippen LogP contribution is -2.60. The number of carbonyl (C=O) groups is 3. The molecule has 3 saturated heterocycles. The summed E-state index contributed by atoms with van der Waals surface area (Å²) >= 11 is 0. The molecule has 0 radical (unpaired) electrons. The van der Waals surface area contributed by atoms with Crippen LogP contribution < -0.4 is 5.11 Å². The zero-order valence-electron chi connectivity index (χ0n) is 24.7. The Hall–Kier alpha value is -3.43. The lowest BCUT2D eigenvalue weighted by molar-refractivity contribution is -0.956. The summed E-state index contributed by atoms with van der Waals surface area (Å²) in [4.78, 5) is 35.1. The molecule has 3 aliphatic heterocycles. The molecule has 2 aromatic rings. The molecule has 0 amide bonds. The summed E-state index contributed by atoms with van der Waals surface area (Å²) in [5.41, 5.74) is -0.344. The summed E-state index contributed by atoms with van der Waals surface area (Å²) in [6.45, 7) is 6.05. The maximum absolute atomic E-state index is 14.5. The molecule has 2 aromatic carbocycles. The third kappa shape index (κ3) is 6.63. The number of esters is 1. The fourth-order valence-electron chi connectivity index (χ4n) is 7.19. The number of benzene rings is 2. The van der Waals surface area contributed by atoms with Gasteiger partial charge < -0.3 is 33.3 Å². The summed E-state index contributed by atoms with van der Waals surface area (Å²) in [5.74, 6) is -0.469. The minimum atomic E-state index is -1.61. The van der Waals surface area contributed by atoms with Crippen LogP contribution >= 0.6 is 0 Å². The topological polar surface area (TPSA) is 111 Å². The lowest BCUT2D eigenvalue weighted by Gasteiger charge is -2.47. The van der Waals surface area contributed by atoms with Gasteiger partial charge in [0.15, 0.2) is 0 Å². The van der Waals surface area contributed by atoms with Crippen LogP contribution in [0.15, 0.2) is 60.7 Å². The molecule has 3 aliphatic rings. The van der Waals surface area contributed by atoms with Crippen LogP contribution in [-0.2, 0) is 34.1 Å². The highest BCUT2D eigenvalue weighted by Gasteiger charge is 2.57. The molecule has 0 saturated carbocycles. The molecule has 3 fully saturated rings. The van der Waals surface area contributed by atoms with Gasteiger partial charge in [-0.3, -0.25) is 0 Å². The third-order valence-electron chi connectivity index (χ3n) is 8.97. The lowest BCUT2D eigenvalue weighted by atomic mass is 9.85. The van der Waals surface area contributed by atoms with Gasteiger partial charge >= 0.3 is 12.1 Å². The second kappa shape index (κ2) is 14.6. The van der Waals surface area contributed by atoms with Crippen molar-refractivity contribution in [3.8, 4) is 0 Å². The van der Waals surface area contributed by atoms with Gasteiger partial charge in [0.2, 0.25) is 11.9 Å². The van der Waals surface area contributed by atoms with E-state index in [0.717, 1.165) is 12.8 Å². The highest BCUT2D eigenvalue weighted by molar-refractivity contribution is 5.86. The van der Waals surface area contributed by atoms with E-state index in [0.29, 0.717) is 36.1 Å². The first kappa shape index (κ1) is 31.5. The average Bonchev–Trinajstić information content (AvgIpc) is 3.56. The SMILES string of the molecule is CCCOC(=O)OC(CC)OC(C(=O)OC1CC2CCC(C1)[N+]21CCCC1)(c1ccccc1)c1ccccc1.O=C[O-]. The quantitative estimate of drug-likeness (QED) is 0.175. The minimum absolute atomic E-state index is 0.162. The van der Waals surface area contributed by atoms with Crippen LogP contribution in [-0.4, -0.2) is 67.3 Å². The highest BCUT2D eigenvalue weighted by Crippen LogP contribution is 2.47. The van der Waals surface area contributed by atoms with Crippen LogP contribution in [0, 0.1) is 0 Å². The Morgan fingerprint density at radius 3 is 1.95 bits per heavy atom. The Kier molecular flexibility index (Phi) is 11.0. The number of quaternary nitrogens is 1. The van der Waals surface area contributed by atoms with Crippen LogP contribution in [0.3, 0.4) is 0 Å². The van der Waals surface area contributed by atoms with Crippen molar-refractivity contribution in [2.75, 3.05) is 19.7 Å². The molecule has 2 bridgehead atoms. The summed E-state index contributed by atoms with van der Waals surface area (Å²) in [7, 11) is 0. The van der Waals surface area contributed by atoms with Crippen LogP contribution in [0.2, 0.25) is 0 Å². The smallest absolute Gasteiger partial charge is 0.510 e. The van der Waals surface area contributed by atoms with Crippen molar-refractivity contribution in [2.24, 2.45) is 0 Å². The van der Waals surface area contributed by atoms with Gasteiger partial charge in [-0.25, -0.2) is 9.59 Å². The Balaban J connectivity index is 0.00000129. The third-order valence-corrected chi connectivity index (χ3v) is 8.97. The molecule has 0 aliphatic carbocycles. The molecule has 3 unspecified atom stereocenters. The molecule has 3 heterocycles. The van der Waals surface area contributed by atoms with E-state index in [-0.39, 0.29) is 12.7 Å². The molecule has 9 heteroatoms. The van der Waals surface area contributed by atoms with Crippen molar-refractivity contribution < 1.29 is 42.9 Å². The fraction of sp³-hybridized carbons (Fsp3) is 0.545. The number of carboxylic acid groups (broad SMARTS) is 1. The van der Waals surface area contributed by atoms with Gasteiger partial charge in [0.05, 0.1) is 31.8 Å². The number of nitrogens with zero attached hydrogens (tertiary/aromatic N) is 1. The van der Waals surface area contributed by atoms with Crippen LogP contribution in [0.1, 0.15) is 76.3 Å². The second-order valence-electron chi connectivity index (χ2n) is 11.3. The van der Waals surface area contributed by atoms with Gasteiger partial charge in [-0.05, 0) is 17.5 Å². The van der Waals surface area contributed by atoms with Gasteiger partial charge in [-0.2, -0.15) is 0 Å². The maximum Gasteiger partial charge on any atom is 0.510 e. The molecule has 0 aromatic heterocycles. The van der Waals surface area contributed by atoms with E-state index < -0.39 is 30.5 Å². The predicted molar refractivity (Wildman–Crippen MR) is 153 cm³/mol. The number of rotatable bonds is 10. The molecule has 1 spiro atoms. The summed E-state index contributed by atoms with van der Waals surface area (Å²) in [5, 5.41) is 8.25. The molecule has 0 N–H and O–H groups in total. The van der Waals surface area contributed by atoms with Gasteiger partial charge in [-0.1, -0.05) is 74.5 Å². The molecule has 9 nitrogen and oxygen atoms in total. The van der Waals surface area contributed by atoms with Crippen LogP contribution in [0.4, 0.5) is 4.79 Å². The van der Waals surface area contributed by atoms with E-state index in [2.05, 4.69) is 0 Å². The monoisotopic (exact) mass is 581 g/mol. The number of carbonyl (C=O) groups excluding carboxylic acids is 3. The van der Waals surface area contributed by atoms with Crippen molar-refractivity contribution >= 4 is 18.6 Å². The number of piperidine rings is 1. The van der Waals surface area contributed by atoms with Crippen LogP contribution in [0.25, 0.3) is 0 Å². The van der Waals surface area contributed by atoms with E-state index >= 15 is 0 Å². The van der Waals surface area contributed by atoms with E-state index in [1.807, 2.05) is 74.5 Å². The molecule has 5 rings (SSSR count). The van der Waals surface area contributed by atoms with Crippen molar-refractivity contribution in [1.82, 2.24) is 0 Å². The van der Waals surface area contributed by atoms with E-state index in [9.17, 15) is 9.59 Å². The maximum atomic E-state index is 14.5. The Labute approximate surface area is 248 Å². The number of hydrogen-bond acceptors (Lipinski definition) is 8. The zero-order valence-corrected chi connectivity index (χ0v) is 24.7. The van der Waals surface area contributed by atoms with E-state index in [4.69, 9.17) is 28.8 Å². The molecular weight excluding hydrogens is 538 g/mol. The number of ether oxygens (including phenoxy) is 4.